The van der Waals surface area contributed by atoms with Gasteiger partial charge in [0, 0.05) is 24.5 Å². The smallest absolute Gasteiger partial charge is 0.232 e. The van der Waals surface area contributed by atoms with Crippen LogP contribution in [0.4, 0.5) is 0 Å². The number of hydrogen-bond donors (Lipinski definition) is 0. The number of ether oxygens (including phenoxy) is 2. The number of thioether (sulfide) groups is 1. The van der Waals surface area contributed by atoms with Gasteiger partial charge < -0.3 is 14.4 Å². The summed E-state index contributed by atoms with van der Waals surface area (Å²) in [6, 6.07) is 6.07. The van der Waals surface area contributed by atoms with Crippen LogP contribution in [0.15, 0.2) is 23.2 Å². The van der Waals surface area contributed by atoms with Crippen molar-refractivity contribution in [3.05, 3.63) is 23.8 Å². The number of amides is 1. The maximum absolute atomic E-state index is 12.3. The van der Waals surface area contributed by atoms with E-state index in [9.17, 15) is 4.79 Å². The lowest BCUT2D eigenvalue weighted by Crippen LogP contribution is -2.31. The zero-order chi connectivity index (χ0) is 17.8. The minimum atomic E-state index is 0.154. The molecule has 0 spiro atoms. The van der Waals surface area contributed by atoms with Gasteiger partial charge in [0.2, 0.25) is 5.91 Å². The van der Waals surface area contributed by atoms with Crippen molar-refractivity contribution in [3.8, 4) is 11.5 Å². The lowest BCUT2D eigenvalue weighted by molar-refractivity contribution is -0.127. The molecule has 6 heteroatoms. The maximum Gasteiger partial charge on any atom is 0.232 e. The highest BCUT2D eigenvalue weighted by molar-refractivity contribution is 7.99. The zero-order valence-electron chi connectivity index (χ0n) is 15.0. The first-order valence-electron chi connectivity index (χ1n) is 8.80. The van der Waals surface area contributed by atoms with Crippen molar-refractivity contribution >= 4 is 28.6 Å². The van der Waals surface area contributed by atoms with Crippen LogP contribution in [0, 0.1) is 0 Å². The van der Waals surface area contributed by atoms with Gasteiger partial charge in [0.25, 0.3) is 0 Å². The second-order valence-corrected chi connectivity index (χ2v) is 6.81. The third-order valence-electron chi connectivity index (χ3n) is 4.35. The molecule has 1 aromatic carbocycles. The normalized spacial score (nSPS) is 13.1. The molecule has 2 aromatic rings. The Morgan fingerprint density at radius 1 is 1.12 bits per heavy atom. The summed E-state index contributed by atoms with van der Waals surface area (Å²) in [6.07, 6.45) is 0.874. The number of fused-ring (bicyclic) bond motifs is 2. The summed E-state index contributed by atoms with van der Waals surface area (Å²) < 4.78 is 11.3. The summed E-state index contributed by atoms with van der Waals surface area (Å²) in [5.41, 5.74) is 2.03. The summed E-state index contributed by atoms with van der Waals surface area (Å²) >= 11 is 1.52. The van der Waals surface area contributed by atoms with E-state index in [2.05, 4.69) is 13.0 Å². The number of carbonyl (C=O) groups excluding carboxylic acids is 1. The fourth-order valence-corrected chi connectivity index (χ4v) is 3.91. The van der Waals surface area contributed by atoms with Crippen molar-refractivity contribution < 1.29 is 14.3 Å². The van der Waals surface area contributed by atoms with Gasteiger partial charge in [-0.15, -0.1) is 0 Å². The van der Waals surface area contributed by atoms with E-state index in [4.69, 9.17) is 14.5 Å². The van der Waals surface area contributed by atoms with E-state index in [1.165, 1.54) is 11.8 Å². The predicted octanol–water partition coefficient (Wildman–Crippen LogP) is 3.53. The highest BCUT2D eigenvalue weighted by atomic mass is 32.2. The molecule has 0 atom stereocenters. The minimum Gasteiger partial charge on any atom is -0.486 e. The van der Waals surface area contributed by atoms with Gasteiger partial charge in [-0.05, 0) is 38.0 Å². The Kier molecular flexibility index (Phi) is 5.68. The Balaban J connectivity index is 1.88. The number of nitrogens with zero attached hydrogens (tertiary/aromatic N) is 2. The molecule has 1 aliphatic heterocycles. The maximum atomic E-state index is 12.3. The number of hydrogen-bond acceptors (Lipinski definition) is 5. The quantitative estimate of drug-likeness (QED) is 0.738. The van der Waals surface area contributed by atoms with Gasteiger partial charge in [0.1, 0.15) is 18.2 Å². The van der Waals surface area contributed by atoms with E-state index in [1.54, 1.807) is 0 Å². The molecule has 5 nitrogen and oxygen atoms in total. The number of pyridine rings is 1. The van der Waals surface area contributed by atoms with Crippen molar-refractivity contribution in [2.45, 2.75) is 32.2 Å². The van der Waals surface area contributed by atoms with Crippen molar-refractivity contribution in [1.29, 1.82) is 0 Å². The Labute approximate surface area is 152 Å². The molecule has 25 heavy (non-hydrogen) atoms. The molecule has 0 fully saturated rings. The lowest BCUT2D eigenvalue weighted by Gasteiger charge is -2.20. The molecule has 0 N–H and O–H groups in total. The highest BCUT2D eigenvalue weighted by Gasteiger charge is 2.16. The summed E-state index contributed by atoms with van der Waals surface area (Å²) in [4.78, 5) is 18.9. The summed E-state index contributed by atoms with van der Waals surface area (Å²) in [7, 11) is 0. The second kappa shape index (κ2) is 7.95. The molecule has 0 unspecified atom stereocenters. The molecule has 0 aliphatic carbocycles. The standard InChI is InChI=1S/C19H24N2O3S/c1-4-13-9-14-10-16-17(24-8-7-23-16)11-15(14)20-19(13)25-12-18(22)21(5-2)6-3/h9-11H,4-8,12H2,1-3H3. The van der Waals surface area contributed by atoms with E-state index >= 15 is 0 Å². The minimum absolute atomic E-state index is 0.154. The fraction of sp³-hybridized carbons (Fsp3) is 0.474. The third-order valence-corrected chi connectivity index (χ3v) is 5.37. The van der Waals surface area contributed by atoms with Gasteiger partial charge in [-0.2, -0.15) is 0 Å². The van der Waals surface area contributed by atoms with E-state index in [-0.39, 0.29) is 5.91 Å². The summed E-state index contributed by atoms with van der Waals surface area (Å²) in [5.74, 6) is 2.09. The topological polar surface area (TPSA) is 51.7 Å². The molecule has 0 saturated carbocycles. The first-order valence-corrected chi connectivity index (χ1v) is 9.78. The monoisotopic (exact) mass is 360 g/mol. The van der Waals surface area contributed by atoms with Crippen molar-refractivity contribution in [1.82, 2.24) is 9.88 Å². The molecule has 0 saturated heterocycles. The average molecular weight is 360 g/mol. The fourth-order valence-electron chi connectivity index (χ4n) is 2.91. The van der Waals surface area contributed by atoms with Crippen LogP contribution in [-0.2, 0) is 11.2 Å². The van der Waals surface area contributed by atoms with Gasteiger partial charge in [-0.1, -0.05) is 18.7 Å². The van der Waals surface area contributed by atoms with Crippen LogP contribution in [0.1, 0.15) is 26.3 Å². The SMILES string of the molecule is CCc1cc2cc3c(cc2nc1SCC(=O)N(CC)CC)OCCO3. The Morgan fingerprint density at radius 3 is 2.44 bits per heavy atom. The number of aromatic nitrogens is 1. The largest absolute Gasteiger partial charge is 0.486 e. The summed E-state index contributed by atoms with van der Waals surface area (Å²) in [5, 5.41) is 1.97. The van der Waals surface area contributed by atoms with Gasteiger partial charge >= 0.3 is 0 Å². The average Bonchev–Trinajstić information content (AvgIpc) is 2.64. The van der Waals surface area contributed by atoms with Gasteiger partial charge in [-0.25, -0.2) is 4.98 Å². The van der Waals surface area contributed by atoms with E-state index < -0.39 is 0 Å². The Hall–Kier alpha value is -1.95. The molecule has 0 bridgehead atoms. The van der Waals surface area contributed by atoms with Crippen LogP contribution >= 0.6 is 11.8 Å². The number of rotatable bonds is 6. The molecular formula is C19H24N2O3S. The number of benzene rings is 1. The molecule has 3 rings (SSSR count). The van der Waals surface area contributed by atoms with Gasteiger partial charge in [-0.3, -0.25) is 4.79 Å². The van der Waals surface area contributed by atoms with E-state index in [1.807, 2.05) is 30.9 Å². The van der Waals surface area contributed by atoms with Crippen LogP contribution in [0.5, 0.6) is 11.5 Å². The highest BCUT2D eigenvalue weighted by Crippen LogP contribution is 2.35. The molecular weight excluding hydrogens is 336 g/mol. The molecule has 1 aromatic heterocycles. The first kappa shape index (κ1) is 17.9. The lowest BCUT2D eigenvalue weighted by atomic mass is 10.1. The van der Waals surface area contributed by atoms with Crippen LogP contribution in [0.2, 0.25) is 0 Å². The zero-order valence-corrected chi connectivity index (χ0v) is 15.8. The van der Waals surface area contributed by atoms with Crippen molar-refractivity contribution in [2.24, 2.45) is 0 Å². The Bertz CT molecular complexity index is 775. The molecule has 134 valence electrons. The summed E-state index contributed by atoms with van der Waals surface area (Å²) in [6.45, 7) is 8.74. The number of carbonyl (C=O) groups is 1. The van der Waals surface area contributed by atoms with Crippen molar-refractivity contribution in [3.63, 3.8) is 0 Å². The third kappa shape index (κ3) is 3.84. The molecule has 1 amide bonds. The van der Waals surface area contributed by atoms with Gasteiger partial charge in [0.15, 0.2) is 11.5 Å². The number of aryl methyl sites for hydroxylation is 1. The van der Waals surface area contributed by atoms with Crippen molar-refractivity contribution in [2.75, 3.05) is 32.1 Å². The predicted molar refractivity (Wildman–Crippen MR) is 101 cm³/mol. The van der Waals surface area contributed by atoms with Crippen LogP contribution < -0.4 is 9.47 Å². The Morgan fingerprint density at radius 2 is 1.80 bits per heavy atom. The van der Waals surface area contributed by atoms with Crippen LogP contribution in [-0.4, -0.2) is 47.8 Å². The van der Waals surface area contributed by atoms with Crippen LogP contribution in [0.25, 0.3) is 10.9 Å². The first-order chi connectivity index (χ1) is 12.2. The van der Waals surface area contributed by atoms with Crippen LogP contribution in [0.3, 0.4) is 0 Å². The van der Waals surface area contributed by atoms with E-state index in [0.29, 0.717) is 19.0 Å². The van der Waals surface area contributed by atoms with E-state index in [0.717, 1.165) is 52.5 Å². The molecule has 0 radical (unpaired) electrons. The molecule has 2 heterocycles. The molecule has 1 aliphatic rings. The van der Waals surface area contributed by atoms with Gasteiger partial charge in [0.05, 0.1) is 11.3 Å². The second-order valence-electron chi connectivity index (χ2n) is 5.85.